The maximum absolute atomic E-state index is 7.18. The van der Waals surface area contributed by atoms with E-state index in [4.69, 9.17) is 4.42 Å². The van der Waals surface area contributed by atoms with Gasteiger partial charge in [-0.1, -0.05) is 183 Å². The Morgan fingerprint density at radius 2 is 0.868 bits per heavy atom. The molecule has 0 amide bonds. The van der Waals surface area contributed by atoms with Gasteiger partial charge in [0.05, 0.1) is 27.0 Å². The first kappa shape index (κ1) is 46.7. The summed E-state index contributed by atoms with van der Waals surface area (Å²) in [6.45, 7) is 4.53. The first-order valence-corrected chi connectivity index (χ1v) is 29.0. The summed E-state index contributed by atoms with van der Waals surface area (Å²) >= 11 is 7.30. The van der Waals surface area contributed by atoms with Gasteiger partial charge in [0.2, 0.25) is 0 Å². The summed E-state index contributed by atoms with van der Waals surface area (Å²) in [6, 6.07) is 90.7. The lowest BCUT2D eigenvalue weighted by atomic mass is 10.0. The molecule has 3 aromatic heterocycles. The molecular weight excluding hydrogens is 1000 g/mol. The van der Waals surface area contributed by atoms with Crippen LogP contribution in [0.4, 0.5) is 0 Å². The first-order valence-electron chi connectivity index (χ1n) is 25.6. The molecule has 0 aliphatic heterocycles. The number of aromatic nitrogens is 2. The Bertz CT molecular complexity index is 4440. The van der Waals surface area contributed by atoms with Crippen LogP contribution >= 0.6 is 47.0 Å². The maximum Gasteiger partial charge on any atom is 0.149 e. The Morgan fingerprint density at radius 3 is 1.53 bits per heavy atom. The molecule has 3 heterocycles. The zero-order valence-corrected chi connectivity index (χ0v) is 45.0. The minimum Gasteiger partial charge on any atom is -0.454 e. The highest BCUT2D eigenvalue weighted by Gasteiger charge is 2.23. The highest BCUT2D eigenvalue weighted by molar-refractivity contribution is 8.00. The standard InChI is InChI=1S/C69H48N2OS4/c1-44(2)73-66-42-48(71-61-32-15-12-27-54(61)57-40-46(35-37-62(57)71)67-64(75-50-23-8-4-9-24-50)33-18-34-65(67)76-51-25-10-5-11-26-51)41-59-56-30-17-29-53(68(56)72-69(59)66)45-19-16-20-47(39-45)70-60-31-14-13-28-55(60)58-43-52(36-38-63(58)70)74-49-21-6-3-7-22-49/h3-44H,1-2H3. The fourth-order valence-electron chi connectivity index (χ4n) is 10.9. The van der Waals surface area contributed by atoms with Crippen LogP contribution in [0.25, 0.3) is 99.2 Å². The van der Waals surface area contributed by atoms with Crippen molar-refractivity contribution in [3.8, 4) is 33.6 Å². The summed E-state index contributed by atoms with van der Waals surface area (Å²) in [6.07, 6.45) is 0. The number of nitrogens with zero attached hydrogens (tertiary/aromatic N) is 2. The van der Waals surface area contributed by atoms with Gasteiger partial charge in [-0.3, -0.25) is 0 Å². The van der Waals surface area contributed by atoms with Crippen molar-refractivity contribution in [2.75, 3.05) is 0 Å². The molecule has 7 heteroatoms. The second-order valence-electron chi connectivity index (χ2n) is 19.3. The Kier molecular flexibility index (Phi) is 12.1. The number of fused-ring (bicyclic) bond motifs is 9. The number of benzene rings is 11. The summed E-state index contributed by atoms with van der Waals surface area (Å²) < 4.78 is 12.1. The quantitative estimate of drug-likeness (QED) is 0.113. The Morgan fingerprint density at radius 1 is 0.329 bits per heavy atom. The zero-order valence-electron chi connectivity index (χ0n) is 41.7. The van der Waals surface area contributed by atoms with Gasteiger partial charge < -0.3 is 13.6 Å². The lowest BCUT2D eigenvalue weighted by Crippen LogP contribution is -1.96. The van der Waals surface area contributed by atoms with Crippen molar-refractivity contribution in [3.63, 3.8) is 0 Å². The SMILES string of the molecule is CC(C)Sc1cc(-n2c3ccccc3c3cc(-c4c(Sc5ccccc5)cccc4Sc4ccccc4)ccc32)cc2c1oc1c(-c3cccc(-n4c5ccccc5c5cc(Sc6ccccc6)ccc54)c3)cccc12. The van der Waals surface area contributed by atoms with Crippen LogP contribution in [0, 0.1) is 0 Å². The van der Waals surface area contributed by atoms with Crippen LogP contribution in [0.3, 0.4) is 0 Å². The van der Waals surface area contributed by atoms with E-state index in [9.17, 15) is 0 Å². The molecule has 0 aliphatic carbocycles. The smallest absolute Gasteiger partial charge is 0.149 e. The van der Waals surface area contributed by atoms with Crippen LogP contribution in [-0.2, 0) is 0 Å². The van der Waals surface area contributed by atoms with E-state index in [0.29, 0.717) is 5.25 Å². The van der Waals surface area contributed by atoms with Gasteiger partial charge in [0.1, 0.15) is 11.2 Å². The molecule has 0 unspecified atom stereocenters. The summed E-state index contributed by atoms with van der Waals surface area (Å²) in [5.74, 6) is 0. The zero-order chi connectivity index (χ0) is 50.7. The molecule has 76 heavy (non-hydrogen) atoms. The molecule has 0 N–H and O–H groups in total. The van der Waals surface area contributed by atoms with Gasteiger partial charge in [0.15, 0.2) is 0 Å². The molecule has 0 bridgehead atoms. The molecule has 3 nitrogen and oxygen atoms in total. The third-order valence-corrected chi connectivity index (χ3v) is 18.3. The summed E-state index contributed by atoms with van der Waals surface area (Å²) in [5.41, 5.74) is 13.4. The van der Waals surface area contributed by atoms with E-state index >= 15 is 0 Å². The monoisotopic (exact) mass is 1050 g/mol. The second-order valence-corrected chi connectivity index (χ2v) is 24.3. The Balaban J connectivity index is 0.900. The third kappa shape index (κ3) is 8.48. The molecule has 0 saturated heterocycles. The van der Waals surface area contributed by atoms with Crippen LogP contribution in [0.15, 0.2) is 287 Å². The Hall–Kier alpha value is -7.78. The van der Waals surface area contributed by atoms with Gasteiger partial charge in [0, 0.05) is 89.4 Å². The average molecular weight is 1050 g/mol. The number of thioether (sulfide) groups is 1. The minimum absolute atomic E-state index is 0.333. The number of furan rings is 1. The van der Waals surface area contributed by atoms with Gasteiger partial charge in [-0.15, -0.1) is 11.8 Å². The van der Waals surface area contributed by atoms with Crippen molar-refractivity contribution in [2.45, 2.75) is 53.4 Å². The van der Waals surface area contributed by atoms with E-state index in [1.165, 1.54) is 78.6 Å². The maximum atomic E-state index is 7.18. The van der Waals surface area contributed by atoms with Gasteiger partial charge in [-0.05, 0) is 126 Å². The summed E-state index contributed by atoms with van der Waals surface area (Å²) in [7, 11) is 0. The van der Waals surface area contributed by atoms with Gasteiger partial charge in [-0.25, -0.2) is 0 Å². The van der Waals surface area contributed by atoms with Crippen LogP contribution in [0.1, 0.15) is 13.8 Å². The second kappa shape index (κ2) is 19.7. The lowest BCUT2D eigenvalue weighted by Gasteiger charge is -2.16. The van der Waals surface area contributed by atoms with Crippen LogP contribution in [0.5, 0.6) is 0 Å². The topological polar surface area (TPSA) is 23.0 Å². The Labute approximate surface area is 458 Å². The predicted octanol–water partition coefficient (Wildman–Crippen LogP) is 21.1. The highest BCUT2D eigenvalue weighted by atomic mass is 32.2. The highest BCUT2D eigenvalue weighted by Crippen LogP contribution is 2.48. The van der Waals surface area contributed by atoms with Crippen LogP contribution in [0.2, 0.25) is 0 Å². The third-order valence-electron chi connectivity index (χ3n) is 14.1. The van der Waals surface area contributed by atoms with E-state index in [1.807, 2.05) is 35.3 Å². The normalized spacial score (nSPS) is 11.9. The number of rotatable bonds is 12. The van der Waals surface area contributed by atoms with Crippen LogP contribution < -0.4 is 0 Å². The van der Waals surface area contributed by atoms with Crippen molar-refractivity contribution in [1.29, 1.82) is 0 Å². The van der Waals surface area contributed by atoms with E-state index in [1.54, 1.807) is 11.8 Å². The summed E-state index contributed by atoms with van der Waals surface area (Å²) in [4.78, 5) is 8.48. The van der Waals surface area contributed by atoms with Gasteiger partial charge in [-0.2, -0.15) is 0 Å². The molecule has 14 aromatic rings. The van der Waals surface area contributed by atoms with Crippen LogP contribution in [-0.4, -0.2) is 14.4 Å². The van der Waals surface area contributed by atoms with Gasteiger partial charge >= 0.3 is 0 Å². The number of para-hydroxylation sites is 3. The van der Waals surface area contributed by atoms with Crippen molar-refractivity contribution in [2.24, 2.45) is 0 Å². The molecule has 0 saturated carbocycles. The van der Waals surface area contributed by atoms with Crippen molar-refractivity contribution >= 4 is 113 Å². The van der Waals surface area contributed by atoms with Crippen molar-refractivity contribution in [3.05, 3.63) is 249 Å². The molecule has 0 radical (unpaired) electrons. The van der Waals surface area contributed by atoms with Gasteiger partial charge in [0.25, 0.3) is 0 Å². The lowest BCUT2D eigenvalue weighted by molar-refractivity contribution is 0.661. The fourth-order valence-corrected chi connectivity index (χ4v) is 14.8. The molecular formula is C69H48N2OS4. The van der Waals surface area contributed by atoms with E-state index < -0.39 is 0 Å². The van der Waals surface area contributed by atoms with Crippen molar-refractivity contribution < 1.29 is 4.42 Å². The van der Waals surface area contributed by atoms with E-state index in [2.05, 4.69) is 272 Å². The first-order chi connectivity index (χ1) is 37.5. The summed E-state index contributed by atoms with van der Waals surface area (Å²) in [5, 5.41) is 7.46. The molecule has 0 atom stereocenters. The van der Waals surface area contributed by atoms with Crippen molar-refractivity contribution in [1.82, 2.24) is 9.13 Å². The molecule has 14 rings (SSSR count). The van der Waals surface area contributed by atoms with E-state index in [0.717, 1.165) is 54.9 Å². The molecule has 0 fully saturated rings. The molecule has 0 spiro atoms. The minimum atomic E-state index is 0.333. The molecule has 364 valence electrons. The molecule has 11 aromatic carbocycles. The molecule has 0 aliphatic rings. The average Bonchev–Trinajstić information content (AvgIpc) is 4.12. The van der Waals surface area contributed by atoms with E-state index in [-0.39, 0.29) is 0 Å². The fraction of sp³-hybridized carbons (Fsp3) is 0.0435. The largest absolute Gasteiger partial charge is 0.454 e. The number of hydrogen-bond donors (Lipinski definition) is 0. The number of hydrogen-bond acceptors (Lipinski definition) is 5. The predicted molar refractivity (Wildman–Crippen MR) is 326 cm³/mol.